The molecule has 1 fully saturated rings. The second-order valence-corrected chi connectivity index (χ2v) is 2.88. The maximum atomic E-state index is 9.11. The number of aliphatic hydroxyl groups excluding tert-OH is 1. The molecule has 2 aliphatic heterocycles. The quantitative estimate of drug-likeness (QED) is 0.544. The first-order valence-electron chi connectivity index (χ1n) is 2.98. The highest BCUT2D eigenvalue weighted by Gasteiger charge is 2.39. The average Bonchev–Trinajstić information content (AvgIpc) is 2.24. The lowest BCUT2D eigenvalue weighted by Crippen LogP contribution is -2.18. The SMILES string of the molecule is O[C@H]1C[C@H]2O[C@@H]1C=C2Cl. The van der Waals surface area contributed by atoms with E-state index in [1.165, 1.54) is 0 Å². The molecule has 3 heteroatoms. The zero-order valence-corrected chi connectivity index (χ0v) is 5.51. The van der Waals surface area contributed by atoms with Crippen LogP contribution in [0.5, 0.6) is 0 Å². The Balaban J connectivity index is 2.25. The molecule has 50 valence electrons. The van der Waals surface area contributed by atoms with E-state index in [9.17, 15) is 0 Å². The minimum atomic E-state index is -0.322. The smallest absolute Gasteiger partial charge is 0.104 e. The van der Waals surface area contributed by atoms with Crippen LogP contribution in [0, 0.1) is 0 Å². The second-order valence-electron chi connectivity index (χ2n) is 2.44. The van der Waals surface area contributed by atoms with Gasteiger partial charge in [-0.1, -0.05) is 11.6 Å². The highest BCUT2D eigenvalue weighted by molar-refractivity contribution is 6.30. The van der Waals surface area contributed by atoms with E-state index in [-0.39, 0.29) is 18.3 Å². The summed E-state index contributed by atoms with van der Waals surface area (Å²) in [5.41, 5.74) is 0. The molecular formula is C6H7ClO2. The van der Waals surface area contributed by atoms with Crippen LogP contribution in [-0.4, -0.2) is 23.4 Å². The Bertz CT molecular complexity index is 166. The van der Waals surface area contributed by atoms with E-state index in [4.69, 9.17) is 21.4 Å². The molecule has 9 heavy (non-hydrogen) atoms. The van der Waals surface area contributed by atoms with Gasteiger partial charge in [-0.25, -0.2) is 0 Å². The fourth-order valence-corrected chi connectivity index (χ4v) is 1.55. The molecule has 0 aliphatic carbocycles. The van der Waals surface area contributed by atoms with Gasteiger partial charge in [0.1, 0.15) is 6.10 Å². The molecule has 0 saturated carbocycles. The molecule has 0 radical (unpaired) electrons. The van der Waals surface area contributed by atoms with Gasteiger partial charge in [0.25, 0.3) is 0 Å². The predicted molar refractivity (Wildman–Crippen MR) is 33.2 cm³/mol. The summed E-state index contributed by atoms with van der Waals surface area (Å²) < 4.78 is 5.22. The average molecular weight is 147 g/mol. The lowest BCUT2D eigenvalue weighted by molar-refractivity contribution is 0.0695. The molecule has 1 N–H and O–H groups in total. The molecule has 0 spiro atoms. The Morgan fingerprint density at radius 1 is 1.78 bits per heavy atom. The van der Waals surface area contributed by atoms with E-state index < -0.39 is 0 Å². The summed E-state index contributed by atoms with van der Waals surface area (Å²) in [7, 11) is 0. The molecule has 2 rings (SSSR count). The van der Waals surface area contributed by atoms with Crippen LogP contribution in [0.4, 0.5) is 0 Å². The fraction of sp³-hybridized carbons (Fsp3) is 0.667. The number of hydrogen-bond acceptors (Lipinski definition) is 2. The first-order valence-corrected chi connectivity index (χ1v) is 3.36. The van der Waals surface area contributed by atoms with Gasteiger partial charge in [0, 0.05) is 11.5 Å². The van der Waals surface area contributed by atoms with Crippen molar-refractivity contribution in [3.05, 3.63) is 11.1 Å². The largest absolute Gasteiger partial charge is 0.390 e. The maximum absolute atomic E-state index is 9.11. The van der Waals surface area contributed by atoms with Crippen LogP contribution in [0.15, 0.2) is 11.1 Å². The predicted octanol–water partition coefficient (Wildman–Crippen LogP) is 0.641. The van der Waals surface area contributed by atoms with Crippen molar-refractivity contribution in [2.75, 3.05) is 0 Å². The zero-order chi connectivity index (χ0) is 6.43. The van der Waals surface area contributed by atoms with Gasteiger partial charge in [-0.2, -0.15) is 0 Å². The molecule has 0 aromatic carbocycles. The summed E-state index contributed by atoms with van der Waals surface area (Å²) in [5, 5.41) is 9.86. The summed E-state index contributed by atoms with van der Waals surface area (Å²) in [6.07, 6.45) is 1.99. The van der Waals surface area contributed by atoms with Crippen LogP contribution < -0.4 is 0 Å². The third-order valence-corrected chi connectivity index (χ3v) is 2.16. The van der Waals surface area contributed by atoms with Crippen molar-refractivity contribution in [1.29, 1.82) is 0 Å². The van der Waals surface area contributed by atoms with E-state index in [2.05, 4.69) is 0 Å². The molecule has 2 bridgehead atoms. The van der Waals surface area contributed by atoms with Gasteiger partial charge in [-0.3, -0.25) is 0 Å². The Morgan fingerprint density at radius 2 is 2.56 bits per heavy atom. The van der Waals surface area contributed by atoms with Crippen molar-refractivity contribution in [2.24, 2.45) is 0 Å². The molecule has 0 aromatic rings. The normalized spacial score (nSPS) is 47.8. The van der Waals surface area contributed by atoms with Crippen LogP contribution in [0.1, 0.15) is 6.42 Å². The van der Waals surface area contributed by atoms with Crippen molar-refractivity contribution in [2.45, 2.75) is 24.7 Å². The van der Waals surface area contributed by atoms with Gasteiger partial charge in [-0.15, -0.1) is 0 Å². The number of halogens is 1. The summed E-state index contributed by atoms with van der Waals surface area (Å²) in [6.45, 7) is 0. The lowest BCUT2D eigenvalue weighted by atomic mass is 10.1. The first kappa shape index (κ1) is 5.71. The molecule has 2 nitrogen and oxygen atoms in total. The van der Waals surface area contributed by atoms with E-state index in [0.717, 1.165) is 5.03 Å². The third-order valence-electron chi connectivity index (χ3n) is 1.79. The minimum Gasteiger partial charge on any atom is -0.390 e. The monoisotopic (exact) mass is 146 g/mol. The molecule has 1 saturated heterocycles. The van der Waals surface area contributed by atoms with Crippen LogP contribution in [0.3, 0.4) is 0 Å². The molecular weight excluding hydrogens is 140 g/mol. The van der Waals surface area contributed by atoms with Crippen molar-refractivity contribution in [1.82, 2.24) is 0 Å². The van der Waals surface area contributed by atoms with Gasteiger partial charge >= 0.3 is 0 Å². The lowest BCUT2D eigenvalue weighted by Gasteiger charge is -2.07. The van der Waals surface area contributed by atoms with E-state index in [1.807, 2.05) is 0 Å². The highest BCUT2D eigenvalue weighted by atomic mass is 35.5. The maximum Gasteiger partial charge on any atom is 0.104 e. The number of aliphatic hydroxyl groups is 1. The number of ether oxygens (including phenoxy) is 1. The van der Waals surface area contributed by atoms with Gasteiger partial charge in [0.2, 0.25) is 0 Å². The van der Waals surface area contributed by atoms with Crippen LogP contribution >= 0.6 is 11.6 Å². The van der Waals surface area contributed by atoms with Crippen molar-refractivity contribution < 1.29 is 9.84 Å². The van der Waals surface area contributed by atoms with Crippen LogP contribution in [0.2, 0.25) is 0 Å². The number of fused-ring (bicyclic) bond motifs is 2. The van der Waals surface area contributed by atoms with Gasteiger partial charge in [0.15, 0.2) is 0 Å². The molecule has 2 aliphatic rings. The topological polar surface area (TPSA) is 29.5 Å². The van der Waals surface area contributed by atoms with Gasteiger partial charge in [-0.05, 0) is 6.08 Å². The van der Waals surface area contributed by atoms with E-state index in [0.29, 0.717) is 6.42 Å². The van der Waals surface area contributed by atoms with E-state index >= 15 is 0 Å². The zero-order valence-electron chi connectivity index (χ0n) is 4.75. The minimum absolute atomic E-state index is 0.00772. The first-order chi connectivity index (χ1) is 4.27. The van der Waals surface area contributed by atoms with E-state index in [1.54, 1.807) is 6.08 Å². The Hall–Kier alpha value is -0.0500. The summed E-state index contributed by atoms with van der Waals surface area (Å²) in [6, 6.07) is 0. The third kappa shape index (κ3) is 0.707. The Labute approximate surface area is 58.1 Å². The number of hydrogen-bond donors (Lipinski definition) is 1. The van der Waals surface area contributed by atoms with Gasteiger partial charge in [0.05, 0.1) is 12.2 Å². The second kappa shape index (κ2) is 1.72. The van der Waals surface area contributed by atoms with Crippen molar-refractivity contribution in [3.63, 3.8) is 0 Å². The Morgan fingerprint density at radius 3 is 2.89 bits per heavy atom. The molecule has 2 heterocycles. The standard InChI is InChI=1S/C6H7ClO2/c7-3-1-6-4(8)2-5(3)9-6/h1,4-6,8H,2H2/t4-,5+,6+/m0/s1. The molecule has 0 aromatic heterocycles. The summed E-state index contributed by atoms with van der Waals surface area (Å²) in [4.78, 5) is 0. The Kier molecular flexibility index (Phi) is 1.09. The molecule has 0 unspecified atom stereocenters. The van der Waals surface area contributed by atoms with Crippen LogP contribution in [0.25, 0.3) is 0 Å². The number of rotatable bonds is 0. The highest BCUT2D eigenvalue weighted by Crippen LogP contribution is 2.35. The van der Waals surface area contributed by atoms with Crippen molar-refractivity contribution >= 4 is 11.6 Å². The summed E-state index contributed by atoms with van der Waals surface area (Å²) >= 11 is 5.70. The van der Waals surface area contributed by atoms with Crippen molar-refractivity contribution in [3.8, 4) is 0 Å². The molecule has 3 atom stereocenters. The summed E-state index contributed by atoms with van der Waals surface area (Å²) in [5.74, 6) is 0. The van der Waals surface area contributed by atoms with Gasteiger partial charge < -0.3 is 9.84 Å². The fourth-order valence-electron chi connectivity index (χ4n) is 1.28. The molecule has 0 amide bonds. The van der Waals surface area contributed by atoms with Crippen LogP contribution in [-0.2, 0) is 4.74 Å².